The predicted molar refractivity (Wildman–Crippen MR) is 44.2 cm³/mol. The Morgan fingerprint density at radius 1 is 1.25 bits per heavy atom. The Bertz CT molecular complexity index is 303. The molecule has 0 aliphatic carbocycles. The molecule has 1 rings (SSSR count). The van der Waals surface area contributed by atoms with Crippen LogP contribution in [0.5, 0.6) is 0 Å². The van der Waals surface area contributed by atoms with Crippen molar-refractivity contribution in [3.8, 4) is 0 Å². The Balaban J connectivity index is 3.28. The quantitative estimate of drug-likeness (QED) is 0.667. The summed E-state index contributed by atoms with van der Waals surface area (Å²) < 4.78 is 24.2. The fourth-order valence-electron chi connectivity index (χ4n) is 0.631. The second-order valence-electron chi connectivity index (χ2n) is 1.93. The van der Waals surface area contributed by atoms with Crippen molar-refractivity contribution in [3.63, 3.8) is 0 Å². The lowest BCUT2D eigenvalue weighted by atomic mass is 10.3. The summed E-state index contributed by atoms with van der Waals surface area (Å²) in [4.78, 5) is 3.33. The van der Waals surface area contributed by atoms with Gasteiger partial charge in [-0.15, -0.1) is 0 Å². The van der Waals surface area contributed by atoms with Gasteiger partial charge >= 0.3 is 0 Å². The molecule has 0 saturated carbocycles. The average Bonchev–Trinajstić information content (AvgIpc) is 1.96. The summed E-state index contributed by atoms with van der Waals surface area (Å²) in [5.41, 5.74) is -0.589. The zero-order valence-electron chi connectivity index (χ0n) is 5.49. The Morgan fingerprint density at radius 3 is 2.33 bits per heavy atom. The minimum absolute atomic E-state index is 0.0213. The largest absolute Gasteiger partial charge is 0.281 e. The Morgan fingerprint density at radius 2 is 1.83 bits per heavy atom. The molecule has 0 radical (unpaired) electrons. The van der Waals surface area contributed by atoms with E-state index in [2.05, 4.69) is 4.98 Å². The summed E-state index contributed by atoms with van der Waals surface area (Å²) in [6, 6.07) is 1.21. The maximum Gasteiger partial charge on any atom is 0.281 e. The van der Waals surface area contributed by atoms with E-state index in [4.69, 9.17) is 34.8 Å². The highest BCUT2D eigenvalue weighted by atomic mass is 35.5. The van der Waals surface area contributed by atoms with Crippen LogP contribution in [0.3, 0.4) is 0 Å². The summed E-state index contributed by atoms with van der Waals surface area (Å²) in [5, 5.41) is -0.372. The van der Waals surface area contributed by atoms with Gasteiger partial charge in [0.25, 0.3) is 6.43 Å². The summed E-state index contributed by atoms with van der Waals surface area (Å²) in [7, 11) is 0. The molecule has 1 aromatic rings. The molecule has 0 bridgehead atoms. The van der Waals surface area contributed by atoms with Gasteiger partial charge in [-0.1, -0.05) is 34.8 Å². The highest BCUT2D eigenvalue weighted by Gasteiger charge is 2.17. The average molecular weight is 232 g/mol. The van der Waals surface area contributed by atoms with Crippen molar-refractivity contribution in [1.82, 2.24) is 4.98 Å². The van der Waals surface area contributed by atoms with E-state index >= 15 is 0 Å². The number of pyridine rings is 1. The molecule has 0 aromatic carbocycles. The Kier molecular flexibility index (Phi) is 3.09. The molecule has 1 heterocycles. The molecule has 6 heteroatoms. The van der Waals surface area contributed by atoms with Gasteiger partial charge in [-0.3, -0.25) is 0 Å². The third kappa shape index (κ3) is 1.97. The van der Waals surface area contributed by atoms with E-state index in [-0.39, 0.29) is 15.2 Å². The molecule has 1 nitrogen and oxygen atoms in total. The van der Waals surface area contributed by atoms with Crippen LogP contribution in [0.1, 0.15) is 12.1 Å². The van der Waals surface area contributed by atoms with E-state index < -0.39 is 12.1 Å². The van der Waals surface area contributed by atoms with Gasteiger partial charge in [0.2, 0.25) is 0 Å². The van der Waals surface area contributed by atoms with E-state index in [1.54, 1.807) is 0 Å². The van der Waals surface area contributed by atoms with Crippen molar-refractivity contribution in [2.45, 2.75) is 6.43 Å². The topological polar surface area (TPSA) is 12.9 Å². The van der Waals surface area contributed by atoms with Gasteiger partial charge in [0.15, 0.2) is 0 Å². The number of halogens is 5. The standard InChI is InChI=1S/C6H2Cl3F2N/c7-2-1-3(8)12-5(4(2)9)6(10)11/h1,6H. The molecular weight excluding hydrogens is 230 g/mol. The first kappa shape index (κ1) is 9.96. The first-order valence-electron chi connectivity index (χ1n) is 2.82. The van der Waals surface area contributed by atoms with E-state index in [0.29, 0.717) is 0 Å². The van der Waals surface area contributed by atoms with Crippen LogP contribution in [-0.2, 0) is 0 Å². The number of aromatic nitrogens is 1. The molecule has 66 valence electrons. The molecule has 0 unspecified atom stereocenters. The predicted octanol–water partition coefficient (Wildman–Crippen LogP) is 3.98. The second-order valence-corrected chi connectivity index (χ2v) is 3.10. The minimum Gasteiger partial charge on any atom is -0.233 e. The monoisotopic (exact) mass is 231 g/mol. The lowest BCUT2D eigenvalue weighted by molar-refractivity contribution is 0.146. The number of hydrogen-bond acceptors (Lipinski definition) is 1. The van der Waals surface area contributed by atoms with Crippen molar-refractivity contribution < 1.29 is 8.78 Å². The van der Waals surface area contributed by atoms with Crippen molar-refractivity contribution >= 4 is 34.8 Å². The summed E-state index contributed by atoms with van der Waals surface area (Å²) >= 11 is 16.3. The van der Waals surface area contributed by atoms with Crippen LogP contribution in [0.4, 0.5) is 8.78 Å². The molecule has 0 N–H and O–H groups in total. The van der Waals surface area contributed by atoms with Gasteiger partial charge in [0.05, 0.1) is 10.0 Å². The molecule has 0 fully saturated rings. The van der Waals surface area contributed by atoms with E-state index in [1.807, 2.05) is 0 Å². The lowest BCUT2D eigenvalue weighted by Crippen LogP contribution is -1.92. The third-order valence-corrected chi connectivity index (χ3v) is 2.10. The van der Waals surface area contributed by atoms with Gasteiger partial charge in [-0.2, -0.15) is 0 Å². The number of rotatable bonds is 1. The fraction of sp³-hybridized carbons (Fsp3) is 0.167. The molecule has 0 amide bonds. The van der Waals surface area contributed by atoms with Gasteiger partial charge in [0, 0.05) is 0 Å². The zero-order valence-corrected chi connectivity index (χ0v) is 7.76. The van der Waals surface area contributed by atoms with Crippen molar-refractivity contribution in [2.24, 2.45) is 0 Å². The summed E-state index contributed by atoms with van der Waals surface area (Å²) in [6.07, 6.45) is -2.77. The maximum atomic E-state index is 12.1. The molecule has 0 saturated heterocycles. The van der Waals surface area contributed by atoms with Crippen LogP contribution >= 0.6 is 34.8 Å². The maximum absolute atomic E-state index is 12.1. The first-order valence-corrected chi connectivity index (χ1v) is 3.95. The fourth-order valence-corrected chi connectivity index (χ4v) is 1.27. The highest BCUT2D eigenvalue weighted by Crippen LogP contribution is 2.32. The van der Waals surface area contributed by atoms with Gasteiger partial charge < -0.3 is 0 Å². The van der Waals surface area contributed by atoms with Crippen LogP contribution in [0.2, 0.25) is 15.2 Å². The van der Waals surface area contributed by atoms with Gasteiger partial charge in [-0.05, 0) is 6.07 Å². The zero-order chi connectivity index (χ0) is 9.30. The minimum atomic E-state index is -2.77. The van der Waals surface area contributed by atoms with Crippen LogP contribution in [-0.4, -0.2) is 4.98 Å². The molecular formula is C6H2Cl3F2N. The van der Waals surface area contributed by atoms with Crippen LogP contribution in [0.25, 0.3) is 0 Å². The Labute approximate surface area is 82.3 Å². The van der Waals surface area contributed by atoms with E-state index in [1.165, 1.54) is 6.07 Å². The molecule has 12 heavy (non-hydrogen) atoms. The van der Waals surface area contributed by atoms with Gasteiger partial charge in [0.1, 0.15) is 10.8 Å². The van der Waals surface area contributed by atoms with Crippen LogP contribution < -0.4 is 0 Å². The normalized spacial score (nSPS) is 10.8. The molecule has 0 aliphatic rings. The van der Waals surface area contributed by atoms with Crippen molar-refractivity contribution in [3.05, 3.63) is 27.0 Å². The van der Waals surface area contributed by atoms with Crippen molar-refractivity contribution in [2.75, 3.05) is 0 Å². The number of alkyl halides is 2. The van der Waals surface area contributed by atoms with Gasteiger partial charge in [-0.25, -0.2) is 13.8 Å². The smallest absolute Gasteiger partial charge is 0.233 e. The van der Waals surface area contributed by atoms with Crippen LogP contribution in [0, 0.1) is 0 Å². The third-order valence-electron chi connectivity index (χ3n) is 1.11. The van der Waals surface area contributed by atoms with Crippen molar-refractivity contribution in [1.29, 1.82) is 0 Å². The molecule has 0 atom stereocenters. The Hall–Kier alpha value is -0.120. The second kappa shape index (κ2) is 3.73. The summed E-state index contributed by atoms with van der Waals surface area (Å²) in [5.74, 6) is 0. The molecule has 0 aliphatic heterocycles. The van der Waals surface area contributed by atoms with E-state index in [9.17, 15) is 8.78 Å². The molecule has 0 spiro atoms. The number of nitrogens with zero attached hydrogens (tertiary/aromatic N) is 1. The van der Waals surface area contributed by atoms with E-state index in [0.717, 1.165) is 0 Å². The number of hydrogen-bond donors (Lipinski definition) is 0. The lowest BCUT2D eigenvalue weighted by Gasteiger charge is -2.03. The summed E-state index contributed by atoms with van der Waals surface area (Å²) in [6.45, 7) is 0. The highest BCUT2D eigenvalue weighted by molar-refractivity contribution is 6.43. The molecule has 1 aromatic heterocycles. The van der Waals surface area contributed by atoms with Crippen LogP contribution in [0.15, 0.2) is 6.07 Å². The SMILES string of the molecule is FC(F)c1nc(Cl)cc(Cl)c1Cl. The first-order chi connectivity index (χ1) is 5.52.